The Balaban J connectivity index is 2.88. The smallest absolute Gasteiger partial charge is 0.119 e. The third-order valence-electron chi connectivity index (χ3n) is 3.53. The van der Waals surface area contributed by atoms with Crippen LogP contribution in [0.2, 0.25) is 0 Å². The molecular weight excluding hydrogens is 262 g/mol. The van der Waals surface area contributed by atoms with Gasteiger partial charge in [-0.25, -0.2) is 0 Å². The monoisotopic (exact) mass is 289 g/mol. The van der Waals surface area contributed by atoms with Gasteiger partial charge in [-0.15, -0.1) is 0 Å². The number of hydrogen-bond acceptors (Lipinski definition) is 3. The van der Waals surface area contributed by atoms with Crippen LogP contribution < -0.4 is 4.74 Å². The van der Waals surface area contributed by atoms with Crippen LogP contribution in [0.25, 0.3) is 0 Å². The van der Waals surface area contributed by atoms with Crippen molar-refractivity contribution in [2.24, 2.45) is 5.92 Å². The molecule has 0 radical (unpaired) electrons. The van der Waals surface area contributed by atoms with Crippen molar-refractivity contribution < 1.29 is 9.84 Å². The van der Waals surface area contributed by atoms with Crippen molar-refractivity contribution in [2.45, 2.75) is 33.2 Å². The van der Waals surface area contributed by atoms with Crippen LogP contribution >= 0.6 is 0 Å². The molecule has 21 heavy (non-hydrogen) atoms. The molecule has 0 saturated carbocycles. The minimum Gasteiger partial charge on any atom is -0.497 e. The van der Waals surface area contributed by atoms with Crippen LogP contribution in [0.15, 0.2) is 18.2 Å². The topological polar surface area (TPSA) is 32.7 Å². The zero-order chi connectivity index (χ0) is 15.7. The van der Waals surface area contributed by atoms with E-state index in [1.807, 2.05) is 12.1 Å². The molecule has 0 bridgehead atoms. The Morgan fingerprint density at radius 3 is 2.76 bits per heavy atom. The summed E-state index contributed by atoms with van der Waals surface area (Å²) in [5, 5.41) is 8.84. The van der Waals surface area contributed by atoms with Gasteiger partial charge in [-0.05, 0) is 36.7 Å². The lowest BCUT2D eigenvalue weighted by molar-refractivity contribution is 0.274. The molecule has 1 rings (SSSR count). The summed E-state index contributed by atoms with van der Waals surface area (Å²) in [5.74, 6) is 7.68. The Kier molecular flexibility index (Phi) is 7.89. The summed E-state index contributed by atoms with van der Waals surface area (Å²) in [4.78, 5) is 2.32. The first-order chi connectivity index (χ1) is 10.1. The molecule has 3 heteroatoms. The van der Waals surface area contributed by atoms with Crippen molar-refractivity contribution in [3.05, 3.63) is 29.3 Å². The number of hydrogen-bond donors (Lipinski definition) is 1. The summed E-state index contributed by atoms with van der Waals surface area (Å²) >= 11 is 0. The van der Waals surface area contributed by atoms with E-state index in [-0.39, 0.29) is 6.61 Å². The molecule has 1 N–H and O–H groups in total. The highest BCUT2D eigenvalue weighted by atomic mass is 16.5. The van der Waals surface area contributed by atoms with Crippen LogP contribution in [0.5, 0.6) is 5.75 Å². The zero-order valence-electron chi connectivity index (χ0n) is 13.6. The van der Waals surface area contributed by atoms with Gasteiger partial charge >= 0.3 is 0 Å². The van der Waals surface area contributed by atoms with Crippen molar-refractivity contribution >= 4 is 0 Å². The maximum Gasteiger partial charge on any atom is 0.119 e. The van der Waals surface area contributed by atoms with Crippen molar-refractivity contribution in [1.29, 1.82) is 0 Å². The fourth-order valence-electron chi connectivity index (χ4n) is 2.18. The summed E-state index contributed by atoms with van der Waals surface area (Å²) in [7, 11) is 3.82. The van der Waals surface area contributed by atoms with Gasteiger partial charge in [0.1, 0.15) is 5.75 Å². The molecule has 1 unspecified atom stereocenters. The van der Waals surface area contributed by atoms with Crippen molar-refractivity contribution in [3.8, 4) is 17.6 Å². The number of ether oxygens (including phenoxy) is 1. The van der Waals surface area contributed by atoms with E-state index in [1.54, 1.807) is 7.11 Å². The molecule has 1 aromatic carbocycles. The molecule has 0 saturated heterocycles. The van der Waals surface area contributed by atoms with E-state index in [0.717, 1.165) is 24.4 Å². The summed E-state index contributed by atoms with van der Waals surface area (Å²) in [5.41, 5.74) is 2.19. The highest BCUT2D eigenvalue weighted by molar-refractivity contribution is 5.45. The minimum absolute atomic E-state index is 0.104. The predicted octanol–water partition coefficient (Wildman–Crippen LogP) is 2.91. The fourth-order valence-corrected chi connectivity index (χ4v) is 2.18. The molecule has 0 aromatic heterocycles. The molecule has 3 nitrogen and oxygen atoms in total. The molecule has 0 fully saturated rings. The highest BCUT2D eigenvalue weighted by Gasteiger charge is 2.09. The normalized spacial score (nSPS) is 11.9. The standard InChI is InChI=1S/C18H27NO2/c1-5-15(2)13-19(3)14-17-12-18(21-4)10-9-16(17)8-6-7-11-20/h9-10,12,15,20H,5,7,11,13-14H2,1-4H3. The molecule has 0 amide bonds. The third-order valence-corrected chi connectivity index (χ3v) is 3.53. The first-order valence-electron chi connectivity index (χ1n) is 7.55. The Morgan fingerprint density at radius 1 is 1.38 bits per heavy atom. The molecule has 0 aliphatic rings. The molecule has 0 aliphatic heterocycles. The van der Waals surface area contributed by atoms with E-state index in [9.17, 15) is 0 Å². The number of nitrogens with zero attached hydrogens (tertiary/aromatic N) is 1. The summed E-state index contributed by atoms with van der Waals surface area (Å²) in [6.07, 6.45) is 1.69. The Hall–Kier alpha value is -1.50. The number of aliphatic hydroxyl groups is 1. The quantitative estimate of drug-likeness (QED) is 0.783. The number of methoxy groups -OCH3 is 1. The second-order valence-corrected chi connectivity index (χ2v) is 5.51. The number of aliphatic hydroxyl groups excluding tert-OH is 1. The lowest BCUT2D eigenvalue weighted by Crippen LogP contribution is -2.24. The van der Waals surface area contributed by atoms with Crippen LogP contribution in [0.4, 0.5) is 0 Å². The van der Waals surface area contributed by atoms with E-state index in [0.29, 0.717) is 12.3 Å². The number of rotatable bonds is 7. The first kappa shape index (κ1) is 17.6. The average Bonchev–Trinajstić information content (AvgIpc) is 2.48. The van der Waals surface area contributed by atoms with E-state index >= 15 is 0 Å². The van der Waals surface area contributed by atoms with Crippen LogP contribution in [0, 0.1) is 17.8 Å². The van der Waals surface area contributed by atoms with E-state index in [4.69, 9.17) is 9.84 Å². The van der Waals surface area contributed by atoms with Crippen molar-refractivity contribution in [2.75, 3.05) is 27.3 Å². The van der Waals surface area contributed by atoms with Crippen molar-refractivity contribution in [3.63, 3.8) is 0 Å². The molecule has 1 aromatic rings. The summed E-state index contributed by atoms with van der Waals surface area (Å²) in [6.45, 7) is 6.51. The maximum absolute atomic E-state index is 8.84. The van der Waals surface area contributed by atoms with Gasteiger partial charge in [-0.2, -0.15) is 0 Å². The fraction of sp³-hybridized carbons (Fsp3) is 0.556. The Labute approximate surface area is 128 Å². The highest BCUT2D eigenvalue weighted by Crippen LogP contribution is 2.19. The maximum atomic E-state index is 8.84. The SMILES string of the molecule is CCC(C)CN(C)Cc1cc(OC)ccc1C#CCCO. The Morgan fingerprint density at radius 2 is 2.14 bits per heavy atom. The van der Waals surface area contributed by atoms with E-state index in [1.165, 1.54) is 12.0 Å². The Bertz CT molecular complexity index is 488. The lowest BCUT2D eigenvalue weighted by atomic mass is 10.0. The summed E-state index contributed by atoms with van der Waals surface area (Å²) < 4.78 is 5.31. The molecular formula is C18H27NO2. The van der Waals surface area contributed by atoms with Gasteiger partial charge in [0.15, 0.2) is 0 Å². The van der Waals surface area contributed by atoms with Gasteiger partial charge in [0, 0.05) is 25.1 Å². The number of benzene rings is 1. The molecule has 0 heterocycles. The average molecular weight is 289 g/mol. The van der Waals surface area contributed by atoms with Crippen LogP contribution in [-0.2, 0) is 6.54 Å². The first-order valence-corrected chi connectivity index (χ1v) is 7.55. The molecule has 0 spiro atoms. The van der Waals surface area contributed by atoms with Crippen molar-refractivity contribution in [1.82, 2.24) is 4.90 Å². The van der Waals surface area contributed by atoms with Gasteiger partial charge in [-0.3, -0.25) is 0 Å². The van der Waals surface area contributed by atoms with Crippen LogP contribution in [-0.4, -0.2) is 37.3 Å². The third kappa shape index (κ3) is 6.20. The molecule has 0 aliphatic carbocycles. The van der Waals surface area contributed by atoms with Gasteiger partial charge in [0.25, 0.3) is 0 Å². The van der Waals surface area contributed by atoms with Gasteiger partial charge in [-0.1, -0.05) is 32.1 Å². The zero-order valence-corrected chi connectivity index (χ0v) is 13.6. The van der Waals surface area contributed by atoms with E-state index < -0.39 is 0 Å². The van der Waals surface area contributed by atoms with Crippen LogP contribution in [0.1, 0.15) is 37.8 Å². The van der Waals surface area contributed by atoms with Gasteiger partial charge in [0.2, 0.25) is 0 Å². The van der Waals surface area contributed by atoms with Gasteiger partial charge in [0.05, 0.1) is 13.7 Å². The second-order valence-electron chi connectivity index (χ2n) is 5.51. The van der Waals surface area contributed by atoms with E-state index in [2.05, 4.69) is 43.7 Å². The predicted molar refractivity (Wildman–Crippen MR) is 87.4 cm³/mol. The molecule has 116 valence electrons. The van der Waals surface area contributed by atoms with Crippen LogP contribution in [0.3, 0.4) is 0 Å². The molecule has 1 atom stereocenters. The largest absolute Gasteiger partial charge is 0.497 e. The van der Waals surface area contributed by atoms with Gasteiger partial charge < -0.3 is 14.7 Å². The second kappa shape index (κ2) is 9.44. The summed E-state index contributed by atoms with van der Waals surface area (Å²) in [6, 6.07) is 5.98. The lowest BCUT2D eigenvalue weighted by Gasteiger charge is -2.21. The minimum atomic E-state index is 0.104.